The van der Waals surface area contributed by atoms with Crippen molar-refractivity contribution in [2.24, 2.45) is 0 Å². The molecule has 4 rings (SSSR count). The quantitative estimate of drug-likeness (QED) is 0.766. The highest BCUT2D eigenvalue weighted by Gasteiger charge is 2.43. The van der Waals surface area contributed by atoms with Crippen molar-refractivity contribution < 1.29 is 23.9 Å². The lowest BCUT2D eigenvalue weighted by atomic mass is 9.96. The third-order valence-corrected chi connectivity index (χ3v) is 5.57. The van der Waals surface area contributed by atoms with Crippen LogP contribution in [0.1, 0.15) is 37.0 Å². The van der Waals surface area contributed by atoms with E-state index < -0.39 is 24.0 Å². The van der Waals surface area contributed by atoms with Crippen molar-refractivity contribution in [3.8, 4) is 0 Å². The fourth-order valence-corrected chi connectivity index (χ4v) is 3.87. The van der Waals surface area contributed by atoms with Crippen LogP contribution in [0.4, 0.5) is 17.1 Å². The number of fused-ring (bicyclic) bond motifs is 1. The number of anilines is 3. The molecule has 0 atom stereocenters. The molecule has 8 nitrogen and oxygen atoms in total. The van der Waals surface area contributed by atoms with E-state index in [0.29, 0.717) is 24.3 Å². The van der Waals surface area contributed by atoms with Gasteiger partial charge in [0.25, 0.3) is 5.91 Å². The van der Waals surface area contributed by atoms with Crippen LogP contribution in [0.15, 0.2) is 48.5 Å². The first kappa shape index (κ1) is 20.6. The zero-order valence-electron chi connectivity index (χ0n) is 17.4. The van der Waals surface area contributed by atoms with E-state index in [1.54, 1.807) is 67.3 Å². The molecule has 0 aromatic heterocycles. The molecule has 1 fully saturated rings. The van der Waals surface area contributed by atoms with Gasteiger partial charge in [0, 0.05) is 18.7 Å². The van der Waals surface area contributed by atoms with Gasteiger partial charge < -0.3 is 15.0 Å². The lowest BCUT2D eigenvalue weighted by Gasteiger charge is -2.41. The topological polar surface area (TPSA) is 96.0 Å². The standard InChI is InChI=1S/C23H23N3O5/c1-23(2)22(30)24-17-6-3-4-7-18(17)26(23)20(28)14-31-21(29)15-9-11-16(12-10-15)25-13-5-8-19(25)27/h3-4,6-7,9-12H,5,8,13-14H2,1-2H3,(H,24,30). The van der Waals surface area contributed by atoms with Crippen LogP contribution in [0.25, 0.3) is 0 Å². The summed E-state index contributed by atoms with van der Waals surface area (Å²) in [5.41, 5.74) is 0.945. The van der Waals surface area contributed by atoms with Crippen LogP contribution in [0.2, 0.25) is 0 Å². The maximum Gasteiger partial charge on any atom is 0.338 e. The molecule has 2 aromatic carbocycles. The zero-order valence-corrected chi connectivity index (χ0v) is 17.4. The summed E-state index contributed by atoms with van der Waals surface area (Å²) in [6, 6.07) is 13.5. The number of hydrogen-bond donors (Lipinski definition) is 1. The smallest absolute Gasteiger partial charge is 0.338 e. The Balaban J connectivity index is 1.45. The van der Waals surface area contributed by atoms with Gasteiger partial charge >= 0.3 is 5.97 Å². The van der Waals surface area contributed by atoms with Crippen LogP contribution in [0.3, 0.4) is 0 Å². The average Bonchev–Trinajstić information content (AvgIpc) is 3.18. The summed E-state index contributed by atoms with van der Waals surface area (Å²) in [7, 11) is 0. The van der Waals surface area contributed by atoms with Gasteiger partial charge in [-0.1, -0.05) is 12.1 Å². The van der Waals surface area contributed by atoms with Crippen LogP contribution in [0.5, 0.6) is 0 Å². The van der Waals surface area contributed by atoms with Crippen LogP contribution in [0, 0.1) is 0 Å². The number of para-hydroxylation sites is 2. The Bertz CT molecular complexity index is 1060. The number of amides is 3. The minimum Gasteiger partial charge on any atom is -0.452 e. The normalized spacial score (nSPS) is 17.2. The van der Waals surface area contributed by atoms with Crippen molar-refractivity contribution in [1.82, 2.24) is 0 Å². The van der Waals surface area contributed by atoms with E-state index in [1.165, 1.54) is 4.90 Å². The molecule has 31 heavy (non-hydrogen) atoms. The number of ether oxygens (including phenoxy) is 1. The molecule has 0 radical (unpaired) electrons. The van der Waals surface area contributed by atoms with Crippen LogP contribution >= 0.6 is 0 Å². The molecule has 0 bridgehead atoms. The highest BCUT2D eigenvalue weighted by molar-refractivity contribution is 6.14. The molecule has 0 unspecified atom stereocenters. The summed E-state index contributed by atoms with van der Waals surface area (Å²) in [5, 5.41) is 2.79. The second-order valence-corrected chi connectivity index (χ2v) is 8.03. The first-order valence-electron chi connectivity index (χ1n) is 10.1. The molecule has 2 heterocycles. The summed E-state index contributed by atoms with van der Waals surface area (Å²) in [6.45, 7) is 3.43. The second-order valence-electron chi connectivity index (χ2n) is 8.03. The number of nitrogens with zero attached hydrogens (tertiary/aromatic N) is 2. The van der Waals surface area contributed by atoms with E-state index >= 15 is 0 Å². The van der Waals surface area contributed by atoms with Crippen molar-refractivity contribution in [2.75, 3.05) is 28.3 Å². The van der Waals surface area contributed by atoms with Gasteiger partial charge in [-0.05, 0) is 56.7 Å². The van der Waals surface area contributed by atoms with Crippen molar-refractivity contribution in [2.45, 2.75) is 32.2 Å². The SMILES string of the molecule is CC1(C)C(=O)Nc2ccccc2N1C(=O)COC(=O)c1ccc(N2CCCC2=O)cc1. The maximum absolute atomic E-state index is 12.9. The molecule has 3 amide bonds. The number of rotatable bonds is 4. The molecule has 2 aromatic rings. The lowest BCUT2D eigenvalue weighted by Crippen LogP contribution is -2.59. The Morgan fingerprint density at radius 3 is 2.45 bits per heavy atom. The van der Waals surface area contributed by atoms with Gasteiger partial charge in [0.05, 0.1) is 16.9 Å². The van der Waals surface area contributed by atoms with Crippen molar-refractivity contribution in [3.63, 3.8) is 0 Å². The molecule has 1 N–H and O–H groups in total. The second kappa shape index (κ2) is 7.86. The Hall–Kier alpha value is -3.68. The fourth-order valence-electron chi connectivity index (χ4n) is 3.87. The fraction of sp³-hybridized carbons (Fsp3) is 0.304. The van der Waals surface area contributed by atoms with E-state index in [2.05, 4.69) is 5.32 Å². The average molecular weight is 421 g/mol. The predicted octanol–water partition coefficient (Wildman–Crippen LogP) is 2.73. The van der Waals surface area contributed by atoms with Crippen molar-refractivity contribution in [3.05, 3.63) is 54.1 Å². The Labute approximate surface area is 179 Å². The van der Waals surface area contributed by atoms with Gasteiger partial charge in [-0.2, -0.15) is 0 Å². The number of carbonyl (C=O) groups is 4. The number of hydrogen-bond acceptors (Lipinski definition) is 5. The first-order chi connectivity index (χ1) is 14.8. The van der Waals surface area contributed by atoms with E-state index in [9.17, 15) is 19.2 Å². The zero-order chi connectivity index (χ0) is 22.2. The Kier molecular flexibility index (Phi) is 5.22. The van der Waals surface area contributed by atoms with Crippen molar-refractivity contribution in [1.29, 1.82) is 0 Å². The van der Waals surface area contributed by atoms with Gasteiger partial charge in [-0.3, -0.25) is 19.3 Å². The van der Waals surface area contributed by atoms with Gasteiger partial charge in [0.15, 0.2) is 6.61 Å². The van der Waals surface area contributed by atoms with Gasteiger partial charge in [0.2, 0.25) is 11.8 Å². The van der Waals surface area contributed by atoms with Gasteiger partial charge in [-0.25, -0.2) is 4.79 Å². The van der Waals surface area contributed by atoms with E-state index in [0.717, 1.165) is 12.1 Å². The molecule has 0 saturated carbocycles. The van der Waals surface area contributed by atoms with Gasteiger partial charge in [0.1, 0.15) is 5.54 Å². The predicted molar refractivity (Wildman–Crippen MR) is 115 cm³/mol. The highest BCUT2D eigenvalue weighted by Crippen LogP contribution is 2.36. The largest absolute Gasteiger partial charge is 0.452 e. The first-order valence-corrected chi connectivity index (χ1v) is 10.1. The molecular formula is C23H23N3O5. The monoisotopic (exact) mass is 421 g/mol. The molecule has 0 spiro atoms. The number of nitrogens with one attached hydrogen (secondary N) is 1. The third-order valence-electron chi connectivity index (χ3n) is 5.57. The van der Waals surface area contributed by atoms with Crippen LogP contribution in [-0.2, 0) is 19.1 Å². The van der Waals surface area contributed by atoms with E-state index in [-0.39, 0.29) is 17.4 Å². The Morgan fingerprint density at radius 1 is 1.06 bits per heavy atom. The minimum atomic E-state index is -1.14. The number of esters is 1. The number of benzene rings is 2. The third kappa shape index (κ3) is 3.76. The van der Waals surface area contributed by atoms with E-state index in [4.69, 9.17) is 4.74 Å². The van der Waals surface area contributed by atoms with E-state index in [1.807, 2.05) is 0 Å². The van der Waals surface area contributed by atoms with Crippen LogP contribution in [-0.4, -0.2) is 42.4 Å². The maximum atomic E-state index is 12.9. The highest BCUT2D eigenvalue weighted by atomic mass is 16.5. The summed E-state index contributed by atoms with van der Waals surface area (Å²) >= 11 is 0. The molecule has 160 valence electrons. The molecule has 2 aliphatic heterocycles. The molecule has 1 saturated heterocycles. The number of carbonyl (C=O) groups excluding carboxylic acids is 4. The Morgan fingerprint density at radius 2 is 1.77 bits per heavy atom. The van der Waals surface area contributed by atoms with Gasteiger partial charge in [-0.15, -0.1) is 0 Å². The van der Waals surface area contributed by atoms with Crippen LogP contribution < -0.4 is 15.1 Å². The molecule has 2 aliphatic rings. The molecular weight excluding hydrogens is 398 g/mol. The summed E-state index contributed by atoms with van der Waals surface area (Å²) in [4.78, 5) is 52.8. The minimum absolute atomic E-state index is 0.0642. The van der Waals surface area contributed by atoms with Crippen molar-refractivity contribution >= 4 is 40.8 Å². The summed E-state index contributed by atoms with van der Waals surface area (Å²) in [6.07, 6.45) is 1.35. The summed E-state index contributed by atoms with van der Waals surface area (Å²) in [5.74, 6) is -1.41. The molecule has 0 aliphatic carbocycles. The molecule has 8 heteroatoms. The summed E-state index contributed by atoms with van der Waals surface area (Å²) < 4.78 is 5.23. The lowest BCUT2D eigenvalue weighted by molar-refractivity contribution is -0.128.